The first-order valence-corrected chi connectivity index (χ1v) is 9.62. The van der Waals surface area contributed by atoms with Crippen LogP contribution in [0.5, 0.6) is 0 Å². The summed E-state index contributed by atoms with van der Waals surface area (Å²) in [6, 6.07) is 11.2. The third-order valence-corrected chi connectivity index (χ3v) is 4.92. The van der Waals surface area contributed by atoms with E-state index in [-0.39, 0.29) is 16.4 Å². The van der Waals surface area contributed by atoms with E-state index in [1.165, 1.54) is 42.5 Å². The number of fused-ring (bicyclic) bond motifs is 1. The molecular weight excluding hydrogens is 478 g/mol. The number of anilines is 1. The van der Waals surface area contributed by atoms with Crippen LogP contribution in [0.3, 0.4) is 0 Å². The summed E-state index contributed by atoms with van der Waals surface area (Å²) in [6.07, 6.45) is -4.77. The van der Waals surface area contributed by atoms with Gasteiger partial charge in [-0.1, -0.05) is 46.9 Å². The second kappa shape index (κ2) is 7.99. The molecule has 0 radical (unpaired) electrons. The number of benzene rings is 2. The van der Waals surface area contributed by atoms with Gasteiger partial charge in [0.15, 0.2) is 5.69 Å². The molecule has 31 heavy (non-hydrogen) atoms. The van der Waals surface area contributed by atoms with Crippen LogP contribution < -0.4 is 5.32 Å². The molecule has 1 N–H and O–H groups in total. The first-order chi connectivity index (χ1) is 14.6. The summed E-state index contributed by atoms with van der Waals surface area (Å²) in [4.78, 5) is 20.5. The molecule has 0 saturated heterocycles. The molecular formula is C19H9Cl3F3N5O. The van der Waals surface area contributed by atoms with Gasteiger partial charge in [0.1, 0.15) is 0 Å². The number of nitrogens with one attached hydrogen (secondary N) is 1. The molecule has 2 heterocycles. The van der Waals surface area contributed by atoms with Crippen LogP contribution in [0.2, 0.25) is 15.1 Å². The molecule has 0 aliphatic heterocycles. The van der Waals surface area contributed by atoms with Crippen molar-refractivity contribution in [2.45, 2.75) is 6.18 Å². The van der Waals surface area contributed by atoms with E-state index in [1.54, 1.807) is 0 Å². The first-order valence-electron chi connectivity index (χ1n) is 8.49. The Labute approximate surface area is 187 Å². The second-order valence-corrected chi connectivity index (χ2v) is 7.54. The van der Waals surface area contributed by atoms with E-state index in [2.05, 4.69) is 20.4 Å². The van der Waals surface area contributed by atoms with Gasteiger partial charge in [0.05, 0.1) is 16.4 Å². The minimum Gasteiger partial charge on any atom is -0.318 e. The average Bonchev–Trinajstić information content (AvgIpc) is 3.13. The van der Waals surface area contributed by atoms with Crippen molar-refractivity contribution in [1.29, 1.82) is 0 Å². The molecule has 0 spiro atoms. The predicted molar refractivity (Wildman–Crippen MR) is 111 cm³/mol. The topological polar surface area (TPSA) is 72.2 Å². The van der Waals surface area contributed by atoms with Gasteiger partial charge in [0.25, 0.3) is 11.7 Å². The molecule has 6 nitrogen and oxygen atoms in total. The summed E-state index contributed by atoms with van der Waals surface area (Å²) in [5.41, 5.74) is -0.560. The van der Waals surface area contributed by atoms with Crippen LogP contribution >= 0.6 is 34.8 Å². The average molecular weight is 487 g/mol. The summed E-state index contributed by atoms with van der Waals surface area (Å²) >= 11 is 17.7. The Kier molecular flexibility index (Phi) is 5.50. The molecule has 4 aromatic rings. The first kappa shape index (κ1) is 21.4. The Bertz CT molecular complexity index is 1310. The zero-order valence-electron chi connectivity index (χ0n) is 15.1. The molecule has 2 aromatic heterocycles. The lowest BCUT2D eigenvalue weighted by Crippen LogP contribution is -2.16. The largest absolute Gasteiger partial charge is 0.433 e. The van der Waals surface area contributed by atoms with E-state index in [9.17, 15) is 18.0 Å². The molecule has 0 aliphatic carbocycles. The molecule has 1 amide bonds. The summed E-state index contributed by atoms with van der Waals surface area (Å²) in [7, 11) is 0. The minimum atomic E-state index is -4.77. The Balaban J connectivity index is 1.78. The highest BCUT2D eigenvalue weighted by Crippen LogP contribution is 2.32. The zero-order valence-corrected chi connectivity index (χ0v) is 17.4. The molecule has 0 saturated carbocycles. The van der Waals surface area contributed by atoms with E-state index in [0.29, 0.717) is 20.1 Å². The van der Waals surface area contributed by atoms with Gasteiger partial charge >= 0.3 is 6.18 Å². The van der Waals surface area contributed by atoms with Crippen LogP contribution in [-0.4, -0.2) is 25.5 Å². The van der Waals surface area contributed by atoms with Crippen molar-refractivity contribution in [3.8, 4) is 11.3 Å². The van der Waals surface area contributed by atoms with Gasteiger partial charge in [-0.3, -0.25) is 4.79 Å². The fourth-order valence-electron chi connectivity index (χ4n) is 2.70. The van der Waals surface area contributed by atoms with Gasteiger partial charge in [0, 0.05) is 15.6 Å². The lowest BCUT2D eigenvalue weighted by molar-refractivity contribution is -0.142. The number of nitrogens with zero attached hydrogens (tertiary/aromatic N) is 4. The standard InChI is InChI=1S/C19H9Cl3F3N5O/c20-10-3-1-9(2-4-10)14-8-15(19(23,24)25)30-18(27-14)28-16(29-30)17(31)26-13-6-5-11(21)7-12(13)22/h1-8H,(H,26,31). The molecule has 2 aromatic carbocycles. The molecule has 0 aliphatic rings. The van der Waals surface area contributed by atoms with Crippen LogP contribution in [0.15, 0.2) is 48.5 Å². The maximum atomic E-state index is 13.7. The second-order valence-electron chi connectivity index (χ2n) is 6.26. The number of hydrogen-bond donors (Lipinski definition) is 1. The van der Waals surface area contributed by atoms with Gasteiger partial charge < -0.3 is 5.32 Å². The van der Waals surface area contributed by atoms with E-state index in [1.807, 2.05) is 0 Å². The highest BCUT2D eigenvalue weighted by Gasteiger charge is 2.36. The van der Waals surface area contributed by atoms with Gasteiger partial charge in [-0.25, -0.2) is 4.98 Å². The smallest absolute Gasteiger partial charge is 0.318 e. The van der Waals surface area contributed by atoms with Crippen LogP contribution in [0.1, 0.15) is 16.3 Å². The Hall–Kier alpha value is -2.88. The molecule has 158 valence electrons. The number of halogens is 6. The SMILES string of the molecule is O=C(Nc1ccc(Cl)cc1Cl)c1nc2nc(-c3ccc(Cl)cc3)cc(C(F)(F)F)n2n1. The van der Waals surface area contributed by atoms with Crippen molar-refractivity contribution in [1.82, 2.24) is 19.6 Å². The van der Waals surface area contributed by atoms with Crippen molar-refractivity contribution in [2.24, 2.45) is 0 Å². The van der Waals surface area contributed by atoms with Gasteiger partial charge in [0.2, 0.25) is 5.82 Å². The van der Waals surface area contributed by atoms with Crippen molar-refractivity contribution in [2.75, 3.05) is 5.32 Å². The number of aromatic nitrogens is 4. The third-order valence-electron chi connectivity index (χ3n) is 4.12. The fraction of sp³-hybridized carbons (Fsp3) is 0.0526. The number of amides is 1. The quantitative estimate of drug-likeness (QED) is 0.384. The zero-order chi connectivity index (χ0) is 22.3. The Morgan fingerprint density at radius 1 is 0.935 bits per heavy atom. The normalized spacial score (nSPS) is 11.7. The van der Waals surface area contributed by atoms with E-state index >= 15 is 0 Å². The van der Waals surface area contributed by atoms with Gasteiger partial charge in [-0.05, 0) is 36.4 Å². The van der Waals surface area contributed by atoms with Crippen LogP contribution in [-0.2, 0) is 6.18 Å². The summed E-state index contributed by atoms with van der Waals surface area (Å²) in [5, 5.41) is 7.04. The van der Waals surface area contributed by atoms with Crippen molar-refractivity contribution in [3.05, 3.63) is 75.1 Å². The summed E-state index contributed by atoms with van der Waals surface area (Å²) in [6.45, 7) is 0. The summed E-state index contributed by atoms with van der Waals surface area (Å²) in [5.74, 6) is -1.78. The lowest BCUT2D eigenvalue weighted by atomic mass is 10.1. The predicted octanol–water partition coefficient (Wildman–Crippen LogP) is 6.02. The number of carbonyl (C=O) groups excluding carboxylic acids is 1. The van der Waals surface area contributed by atoms with E-state index in [4.69, 9.17) is 34.8 Å². The third kappa shape index (κ3) is 4.43. The fourth-order valence-corrected chi connectivity index (χ4v) is 3.29. The highest BCUT2D eigenvalue weighted by molar-refractivity contribution is 6.36. The molecule has 12 heteroatoms. The minimum absolute atomic E-state index is 0.00315. The lowest BCUT2D eigenvalue weighted by Gasteiger charge is -2.10. The van der Waals surface area contributed by atoms with Crippen molar-refractivity contribution < 1.29 is 18.0 Å². The maximum absolute atomic E-state index is 13.7. The van der Waals surface area contributed by atoms with Crippen LogP contribution in [0.25, 0.3) is 17.0 Å². The highest BCUT2D eigenvalue weighted by atomic mass is 35.5. The van der Waals surface area contributed by atoms with Crippen LogP contribution in [0.4, 0.5) is 18.9 Å². The number of carbonyl (C=O) groups is 1. The Morgan fingerprint density at radius 3 is 2.26 bits per heavy atom. The van der Waals surface area contributed by atoms with Gasteiger partial charge in [-0.2, -0.15) is 22.7 Å². The van der Waals surface area contributed by atoms with Crippen LogP contribution in [0, 0.1) is 0 Å². The monoisotopic (exact) mass is 485 g/mol. The van der Waals surface area contributed by atoms with Gasteiger partial charge in [-0.15, -0.1) is 5.10 Å². The number of hydrogen-bond acceptors (Lipinski definition) is 4. The number of alkyl halides is 3. The maximum Gasteiger partial charge on any atom is 0.433 e. The molecule has 0 fully saturated rings. The molecule has 0 unspecified atom stereocenters. The molecule has 0 bridgehead atoms. The summed E-state index contributed by atoms with van der Waals surface area (Å²) < 4.78 is 41.4. The van der Waals surface area contributed by atoms with Crippen molar-refractivity contribution in [3.63, 3.8) is 0 Å². The molecule has 4 rings (SSSR count). The van der Waals surface area contributed by atoms with E-state index < -0.39 is 29.4 Å². The van der Waals surface area contributed by atoms with E-state index in [0.717, 1.165) is 6.07 Å². The Morgan fingerprint density at radius 2 is 1.61 bits per heavy atom. The number of rotatable bonds is 3. The van der Waals surface area contributed by atoms with Crippen molar-refractivity contribution >= 4 is 52.2 Å². The molecule has 0 atom stereocenters.